The van der Waals surface area contributed by atoms with Crippen LogP contribution in [0.4, 0.5) is 5.69 Å². The quantitative estimate of drug-likeness (QED) is 0.891. The van der Waals surface area contributed by atoms with Gasteiger partial charge >= 0.3 is 0 Å². The van der Waals surface area contributed by atoms with E-state index in [4.69, 9.17) is 11.6 Å². The number of anilines is 1. The molecule has 1 aromatic rings. The lowest BCUT2D eigenvalue weighted by Gasteiger charge is -2.32. The fourth-order valence-corrected chi connectivity index (χ4v) is 2.89. The van der Waals surface area contributed by atoms with Crippen molar-refractivity contribution in [1.29, 1.82) is 0 Å². The first-order valence-corrected chi connectivity index (χ1v) is 7.45. The van der Waals surface area contributed by atoms with Crippen LogP contribution in [0.25, 0.3) is 0 Å². The van der Waals surface area contributed by atoms with Gasteiger partial charge in [-0.2, -0.15) is 0 Å². The fourth-order valence-electron chi connectivity index (χ4n) is 2.58. The molecule has 0 bridgehead atoms. The minimum atomic E-state index is -0.150. The second kappa shape index (κ2) is 6.60. The minimum Gasteiger partial charge on any atom is -0.393 e. The van der Waals surface area contributed by atoms with Gasteiger partial charge in [0.25, 0.3) is 0 Å². The van der Waals surface area contributed by atoms with Crippen LogP contribution in [0.5, 0.6) is 0 Å². The highest BCUT2D eigenvalue weighted by molar-refractivity contribution is 6.33. The van der Waals surface area contributed by atoms with Gasteiger partial charge in [0, 0.05) is 19.1 Å². The maximum absolute atomic E-state index is 9.55. The summed E-state index contributed by atoms with van der Waals surface area (Å²) in [6.45, 7) is 6.95. The van der Waals surface area contributed by atoms with Crippen molar-refractivity contribution in [3.63, 3.8) is 0 Å². The summed E-state index contributed by atoms with van der Waals surface area (Å²) in [5.41, 5.74) is 2.30. The molecule has 1 aromatic carbocycles. The molecule has 1 saturated heterocycles. The molecule has 1 heterocycles. The molecule has 4 heteroatoms. The van der Waals surface area contributed by atoms with E-state index in [2.05, 4.69) is 42.3 Å². The number of hydrogen-bond acceptors (Lipinski definition) is 3. The smallest absolute Gasteiger partial charge is 0.0642 e. The van der Waals surface area contributed by atoms with Gasteiger partial charge in [0.1, 0.15) is 0 Å². The number of piperidine rings is 1. The monoisotopic (exact) mass is 282 g/mol. The van der Waals surface area contributed by atoms with Crippen LogP contribution in [0.1, 0.15) is 38.3 Å². The van der Waals surface area contributed by atoms with Gasteiger partial charge in [-0.3, -0.25) is 0 Å². The number of rotatable bonds is 4. The van der Waals surface area contributed by atoms with Crippen LogP contribution in [-0.4, -0.2) is 30.8 Å². The topological polar surface area (TPSA) is 35.5 Å². The molecular weight excluding hydrogens is 260 g/mol. The second-order valence-corrected chi connectivity index (χ2v) is 5.62. The van der Waals surface area contributed by atoms with E-state index in [1.54, 1.807) is 0 Å². The summed E-state index contributed by atoms with van der Waals surface area (Å²) in [4.78, 5) is 2.26. The van der Waals surface area contributed by atoms with E-state index in [0.29, 0.717) is 6.04 Å². The van der Waals surface area contributed by atoms with Gasteiger partial charge in [0.2, 0.25) is 0 Å². The first kappa shape index (κ1) is 14.6. The predicted molar refractivity (Wildman–Crippen MR) is 81.0 cm³/mol. The Kier molecular flexibility index (Phi) is 5.08. The number of nitrogens with one attached hydrogen (secondary N) is 1. The van der Waals surface area contributed by atoms with Crippen LogP contribution in [-0.2, 0) is 0 Å². The normalized spacial score (nSPS) is 18.6. The van der Waals surface area contributed by atoms with E-state index >= 15 is 0 Å². The van der Waals surface area contributed by atoms with E-state index < -0.39 is 0 Å². The summed E-state index contributed by atoms with van der Waals surface area (Å²) in [5, 5.41) is 13.7. The van der Waals surface area contributed by atoms with Gasteiger partial charge < -0.3 is 15.3 Å². The Labute approximate surface area is 120 Å². The summed E-state index contributed by atoms with van der Waals surface area (Å²) in [7, 11) is 0. The molecule has 0 amide bonds. The van der Waals surface area contributed by atoms with Gasteiger partial charge in [-0.05, 0) is 44.0 Å². The third-order valence-corrected chi connectivity index (χ3v) is 4.09. The molecule has 2 N–H and O–H groups in total. The first-order chi connectivity index (χ1) is 9.11. The summed E-state index contributed by atoms with van der Waals surface area (Å²) in [5.74, 6) is 0. The number of aliphatic hydroxyl groups is 1. The van der Waals surface area contributed by atoms with Crippen molar-refractivity contribution in [2.75, 3.05) is 24.5 Å². The number of aliphatic hydroxyl groups excluding tert-OH is 1. The van der Waals surface area contributed by atoms with Crippen LogP contribution < -0.4 is 10.2 Å². The Morgan fingerprint density at radius 1 is 1.42 bits per heavy atom. The zero-order chi connectivity index (χ0) is 13.8. The van der Waals surface area contributed by atoms with Crippen LogP contribution in [0.2, 0.25) is 5.02 Å². The Morgan fingerprint density at radius 3 is 2.68 bits per heavy atom. The lowest BCUT2D eigenvalue weighted by molar-refractivity contribution is 0.145. The molecule has 1 fully saturated rings. The van der Waals surface area contributed by atoms with Crippen LogP contribution in [0, 0.1) is 0 Å². The number of halogens is 1. The molecule has 3 nitrogen and oxygen atoms in total. The summed E-state index contributed by atoms with van der Waals surface area (Å²) in [6.07, 6.45) is 1.50. The average molecular weight is 283 g/mol. The van der Waals surface area contributed by atoms with Crippen LogP contribution in [0.3, 0.4) is 0 Å². The molecule has 1 aliphatic heterocycles. The molecule has 106 valence electrons. The predicted octanol–water partition coefficient (Wildman–Crippen LogP) is 2.97. The molecule has 2 rings (SSSR count). The molecule has 0 aliphatic carbocycles. The highest BCUT2D eigenvalue weighted by Gasteiger charge is 2.19. The number of benzene rings is 1. The lowest BCUT2D eigenvalue weighted by atomic mass is 10.0. The SMILES string of the molecule is CCNC(C)c1ccc(N2CCC(O)CC2)c(Cl)c1. The zero-order valence-corrected chi connectivity index (χ0v) is 12.5. The lowest BCUT2D eigenvalue weighted by Crippen LogP contribution is -2.36. The number of nitrogens with zero attached hydrogens (tertiary/aromatic N) is 1. The van der Waals surface area contributed by atoms with Crippen molar-refractivity contribution in [2.24, 2.45) is 0 Å². The Balaban J connectivity index is 2.10. The second-order valence-electron chi connectivity index (χ2n) is 5.21. The molecule has 0 saturated carbocycles. The van der Waals surface area contributed by atoms with E-state index in [9.17, 15) is 5.11 Å². The Hall–Kier alpha value is -0.770. The van der Waals surface area contributed by atoms with E-state index in [0.717, 1.165) is 43.2 Å². The molecule has 1 aliphatic rings. The third-order valence-electron chi connectivity index (χ3n) is 3.79. The van der Waals surface area contributed by atoms with E-state index in [1.165, 1.54) is 5.56 Å². The van der Waals surface area contributed by atoms with Crippen molar-refractivity contribution in [1.82, 2.24) is 5.32 Å². The van der Waals surface area contributed by atoms with Crippen LogP contribution >= 0.6 is 11.6 Å². The summed E-state index contributed by atoms with van der Waals surface area (Å²) < 4.78 is 0. The number of hydrogen-bond donors (Lipinski definition) is 2. The van der Waals surface area contributed by atoms with Gasteiger partial charge in [0.05, 0.1) is 16.8 Å². The molecule has 19 heavy (non-hydrogen) atoms. The van der Waals surface area contributed by atoms with Crippen molar-refractivity contribution in [3.05, 3.63) is 28.8 Å². The molecule has 1 unspecified atom stereocenters. The Morgan fingerprint density at radius 2 is 2.11 bits per heavy atom. The van der Waals surface area contributed by atoms with Gasteiger partial charge in [-0.15, -0.1) is 0 Å². The van der Waals surface area contributed by atoms with E-state index in [1.807, 2.05) is 0 Å². The summed E-state index contributed by atoms with van der Waals surface area (Å²) in [6, 6.07) is 6.61. The molecule has 0 spiro atoms. The highest BCUT2D eigenvalue weighted by atomic mass is 35.5. The van der Waals surface area contributed by atoms with Crippen molar-refractivity contribution in [3.8, 4) is 0 Å². The third kappa shape index (κ3) is 3.62. The zero-order valence-electron chi connectivity index (χ0n) is 11.7. The highest BCUT2D eigenvalue weighted by Crippen LogP contribution is 2.30. The van der Waals surface area contributed by atoms with Gasteiger partial charge in [0.15, 0.2) is 0 Å². The van der Waals surface area contributed by atoms with Crippen molar-refractivity contribution >= 4 is 17.3 Å². The van der Waals surface area contributed by atoms with Crippen molar-refractivity contribution in [2.45, 2.75) is 38.8 Å². The first-order valence-electron chi connectivity index (χ1n) is 7.07. The fraction of sp³-hybridized carbons (Fsp3) is 0.600. The molecule has 0 radical (unpaired) electrons. The largest absolute Gasteiger partial charge is 0.393 e. The van der Waals surface area contributed by atoms with Gasteiger partial charge in [-0.25, -0.2) is 0 Å². The van der Waals surface area contributed by atoms with Gasteiger partial charge in [-0.1, -0.05) is 24.6 Å². The maximum Gasteiger partial charge on any atom is 0.0642 e. The van der Waals surface area contributed by atoms with Crippen molar-refractivity contribution < 1.29 is 5.11 Å². The molecular formula is C15H23ClN2O. The Bertz CT molecular complexity index is 417. The summed E-state index contributed by atoms with van der Waals surface area (Å²) >= 11 is 6.41. The molecule has 1 atom stereocenters. The van der Waals surface area contributed by atoms with Crippen LogP contribution in [0.15, 0.2) is 18.2 Å². The minimum absolute atomic E-state index is 0.150. The maximum atomic E-state index is 9.55. The van der Waals surface area contributed by atoms with E-state index in [-0.39, 0.29) is 6.10 Å². The standard InChI is InChI=1S/C15H23ClN2O/c1-3-17-11(2)12-4-5-15(14(16)10-12)18-8-6-13(19)7-9-18/h4-5,10-11,13,17,19H,3,6-9H2,1-2H3. The average Bonchev–Trinajstić information content (AvgIpc) is 2.40. The molecule has 0 aromatic heterocycles.